The Morgan fingerprint density at radius 1 is 0.444 bits per heavy atom. The van der Waals surface area contributed by atoms with Crippen molar-refractivity contribution in [3.63, 3.8) is 0 Å². The van der Waals surface area contributed by atoms with Crippen molar-refractivity contribution in [2.45, 2.75) is 0 Å². The maximum absolute atomic E-state index is 8.25. The summed E-state index contributed by atoms with van der Waals surface area (Å²) in [7, 11) is 0. The van der Waals surface area contributed by atoms with Crippen LogP contribution in [0.2, 0.25) is 0 Å². The van der Waals surface area contributed by atoms with Crippen LogP contribution < -0.4 is 0 Å². The van der Waals surface area contributed by atoms with Crippen molar-refractivity contribution in [2.24, 2.45) is 0 Å². The summed E-state index contributed by atoms with van der Waals surface area (Å²) in [5.41, 5.74) is 0. The molecule has 0 aliphatic carbocycles. The van der Waals surface area contributed by atoms with E-state index in [1.54, 1.807) is 0 Å². The molecule has 0 unspecified atom stereocenters. The Morgan fingerprint density at radius 3 is 0.444 bits per heavy atom. The largest absolute Gasteiger partial charge is 2.00 e. The van der Waals surface area contributed by atoms with E-state index in [2.05, 4.69) is 0 Å². The fourth-order valence-corrected chi connectivity index (χ4v) is 0. The van der Waals surface area contributed by atoms with Crippen molar-refractivity contribution in [1.82, 2.24) is 0 Å². The molecule has 0 spiro atoms. The first-order valence-corrected chi connectivity index (χ1v) is 2.19. The average Bonchev–Trinajstić information content (AvgIpc) is 1.76. The molecule has 0 amide bonds. The minimum Gasteiger partial charge on any atom is -0.356 e. The molecule has 0 aliphatic rings. The van der Waals surface area contributed by atoms with Gasteiger partial charge >= 0.3 is 39.5 Å². The van der Waals surface area contributed by atoms with E-state index in [4.69, 9.17) is 61.3 Å². The smallest absolute Gasteiger partial charge is 0.356 e. The maximum Gasteiger partial charge on any atom is 2.00 e. The molecular formula is MgN4NiO12. The Balaban J connectivity index is -0.0000000257. The van der Waals surface area contributed by atoms with Gasteiger partial charge in [0.05, 0.1) is 20.3 Å². The molecule has 0 heterocycles. The molecule has 0 aliphatic heterocycles. The van der Waals surface area contributed by atoms with Crippen molar-refractivity contribution in [2.75, 3.05) is 0 Å². The molecule has 0 saturated heterocycles. The first-order valence-electron chi connectivity index (χ1n) is 2.19. The van der Waals surface area contributed by atoms with Gasteiger partial charge in [0.1, 0.15) is 0 Å². The van der Waals surface area contributed by atoms with Crippen LogP contribution in [0.15, 0.2) is 0 Å². The van der Waals surface area contributed by atoms with Crippen LogP contribution in [-0.2, 0) is 16.5 Å². The third-order valence-corrected chi connectivity index (χ3v) is 0. The fraction of sp³-hybridized carbons (Fsp3) is 0. The summed E-state index contributed by atoms with van der Waals surface area (Å²) in [6.07, 6.45) is 0. The average molecular weight is 331 g/mol. The van der Waals surface area contributed by atoms with Crippen LogP contribution in [0.4, 0.5) is 0 Å². The number of hydrogen-bond acceptors (Lipinski definition) is 12. The summed E-state index contributed by atoms with van der Waals surface area (Å²) >= 11 is 0. The van der Waals surface area contributed by atoms with Gasteiger partial charge < -0.3 is 61.3 Å². The molecule has 18 heavy (non-hydrogen) atoms. The van der Waals surface area contributed by atoms with Crippen LogP contribution in [0, 0.1) is 61.3 Å². The van der Waals surface area contributed by atoms with E-state index in [0.717, 1.165) is 0 Å². The van der Waals surface area contributed by atoms with Gasteiger partial charge in [-0.1, -0.05) is 0 Å². The molecule has 16 nitrogen and oxygen atoms in total. The molecule has 0 atom stereocenters. The van der Waals surface area contributed by atoms with Crippen LogP contribution in [0.5, 0.6) is 0 Å². The Hall–Kier alpha value is -1.94. The number of nitrogens with zero attached hydrogens (tertiary/aromatic N) is 4. The van der Waals surface area contributed by atoms with Crippen molar-refractivity contribution >= 4 is 23.1 Å². The summed E-state index contributed by atoms with van der Waals surface area (Å²) in [5.74, 6) is 0. The third-order valence-electron chi connectivity index (χ3n) is 0. The molecule has 104 valence electrons. The SMILES string of the molecule is O=[N+]([O-])[O-].O=[N+]([O-])[O-].O=[N+]([O-])[O-].O=[N+]([O-])[O-].[Mg+2].[Ni+2]. The number of hydrogen-bond donors (Lipinski definition) is 0. The van der Waals surface area contributed by atoms with E-state index in [1.165, 1.54) is 0 Å². The van der Waals surface area contributed by atoms with Gasteiger partial charge in [-0.3, -0.25) is 0 Å². The molecule has 18 heteroatoms. The van der Waals surface area contributed by atoms with Crippen LogP contribution in [0.3, 0.4) is 0 Å². The van der Waals surface area contributed by atoms with E-state index >= 15 is 0 Å². The van der Waals surface area contributed by atoms with Crippen molar-refractivity contribution in [1.29, 1.82) is 0 Å². The zero-order chi connectivity index (χ0) is 14.3. The second kappa shape index (κ2) is 29.4. The molecule has 0 aromatic heterocycles. The minimum absolute atomic E-state index is 0. The van der Waals surface area contributed by atoms with E-state index in [-0.39, 0.29) is 39.5 Å². The van der Waals surface area contributed by atoms with Gasteiger partial charge in [-0.15, -0.1) is 0 Å². The molecular weight excluding hydrogens is 331 g/mol. The van der Waals surface area contributed by atoms with Crippen LogP contribution >= 0.6 is 0 Å². The quantitative estimate of drug-likeness (QED) is 0.283. The predicted octanol–water partition coefficient (Wildman–Crippen LogP) is -1.34. The van der Waals surface area contributed by atoms with E-state index in [1.807, 2.05) is 0 Å². The fourth-order valence-electron chi connectivity index (χ4n) is 0. The Labute approximate surface area is 121 Å². The summed E-state index contributed by atoms with van der Waals surface area (Å²) < 4.78 is 0. The van der Waals surface area contributed by atoms with Crippen molar-refractivity contribution < 1.29 is 36.8 Å². The summed E-state index contributed by atoms with van der Waals surface area (Å²) in [6, 6.07) is 0. The summed E-state index contributed by atoms with van der Waals surface area (Å²) in [6.45, 7) is 0. The minimum atomic E-state index is -1.75. The van der Waals surface area contributed by atoms with Gasteiger partial charge in [-0.25, -0.2) is 0 Å². The summed E-state index contributed by atoms with van der Waals surface area (Å²) in [5, 5.41) is 59.0. The van der Waals surface area contributed by atoms with Gasteiger partial charge in [-0.05, 0) is 0 Å². The molecule has 0 fully saturated rings. The van der Waals surface area contributed by atoms with Crippen molar-refractivity contribution in [3.05, 3.63) is 61.3 Å². The van der Waals surface area contributed by atoms with Gasteiger partial charge in [0.25, 0.3) is 0 Å². The van der Waals surface area contributed by atoms with Gasteiger partial charge in [0.2, 0.25) is 0 Å². The standard InChI is InChI=1S/Mg.4NO3.Ni/c;4*2-1(3)4;/q+2;4*-1;+2. The number of rotatable bonds is 0. The van der Waals surface area contributed by atoms with E-state index < -0.39 is 20.3 Å². The molecule has 0 radical (unpaired) electrons. The molecule has 0 rings (SSSR count). The van der Waals surface area contributed by atoms with E-state index in [0.29, 0.717) is 0 Å². The van der Waals surface area contributed by atoms with Gasteiger partial charge in [0.15, 0.2) is 0 Å². The van der Waals surface area contributed by atoms with Crippen LogP contribution in [-0.4, -0.2) is 43.4 Å². The zero-order valence-corrected chi connectivity index (χ0v) is 10.1. The Morgan fingerprint density at radius 2 is 0.444 bits per heavy atom. The first-order chi connectivity index (χ1) is 6.93. The molecule has 0 N–H and O–H groups in total. The molecule has 0 bridgehead atoms. The molecule has 0 aromatic rings. The summed E-state index contributed by atoms with van der Waals surface area (Å²) in [4.78, 5) is 33.0. The monoisotopic (exact) mass is 330 g/mol. The topological polar surface area (TPSA) is 265 Å². The zero-order valence-electron chi connectivity index (χ0n) is 7.71. The van der Waals surface area contributed by atoms with Crippen LogP contribution in [0.1, 0.15) is 0 Å². The molecule has 0 saturated carbocycles. The van der Waals surface area contributed by atoms with Gasteiger partial charge in [-0.2, -0.15) is 0 Å². The van der Waals surface area contributed by atoms with E-state index in [9.17, 15) is 0 Å². The predicted molar refractivity (Wildman–Crippen MR) is 47.2 cm³/mol. The maximum atomic E-state index is 8.25. The third kappa shape index (κ3) is 637. The van der Waals surface area contributed by atoms with Crippen LogP contribution in [0.25, 0.3) is 0 Å². The van der Waals surface area contributed by atoms with Crippen molar-refractivity contribution in [3.8, 4) is 0 Å². The normalized spacial score (nSPS) is 5.33. The molecule has 0 aromatic carbocycles. The second-order valence-electron chi connectivity index (χ2n) is 0.894. The Kier molecular flexibility index (Phi) is 58.8. The Bertz CT molecular complexity index is 164. The first kappa shape index (κ1) is 36.0. The second-order valence-corrected chi connectivity index (χ2v) is 0.894. The van der Waals surface area contributed by atoms with Gasteiger partial charge in [0, 0.05) is 0 Å².